The minimum absolute atomic E-state index is 0.229. The Labute approximate surface area is 103 Å². The molecular formula is C10H21N3O3S. The molecule has 0 spiro atoms. The summed E-state index contributed by atoms with van der Waals surface area (Å²) >= 11 is 0. The van der Waals surface area contributed by atoms with E-state index >= 15 is 0 Å². The Bertz CT molecular complexity index is 350. The monoisotopic (exact) mass is 263 g/mol. The molecule has 1 heterocycles. The third-order valence-corrected chi connectivity index (χ3v) is 4.75. The second-order valence-electron chi connectivity index (χ2n) is 4.27. The minimum atomic E-state index is -3.52. The summed E-state index contributed by atoms with van der Waals surface area (Å²) in [4.78, 5) is 10.9. The predicted molar refractivity (Wildman–Crippen MR) is 65.4 cm³/mol. The van der Waals surface area contributed by atoms with Gasteiger partial charge >= 0.3 is 0 Å². The van der Waals surface area contributed by atoms with Crippen LogP contribution in [0.1, 0.15) is 32.6 Å². The van der Waals surface area contributed by atoms with Gasteiger partial charge in [-0.15, -0.1) is 0 Å². The number of primary amides is 1. The van der Waals surface area contributed by atoms with E-state index in [4.69, 9.17) is 5.73 Å². The highest BCUT2D eigenvalue weighted by atomic mass is 32.2. The molecule has 0 bridgehead atoms. The van der Waals surface area contributed by atoms with Crippen LogP contribution >= 0.6 is 0 Å². The second-order valence-corrected chi connectivity index (χ2v) is 6.20. The average Bonchev–Trinajstić information content (AvgIpc) is 2.29. The number of nitrogens with zero attached hydrogens (tertiary/aromatic N) is 2. The van der Waals surface area contributed by atoms with Crippen molar-refractivity contribution < 1.29 is 13.2 Å². The van der Waals surface area contributed by atoms with Crippen molar-refractivity contribution in [3.05, 3.63) is 0 Å². The van der Waals surface area contributed by atoms with Crippen molar-refractivity contribution in [2.24, 2.45) is 5.73 Å². The zero-order valence-electron chi connectivity index (χ0n) is 10.3. The summed E-state index contributed by atoms with van der Waals surface area (Å²) in [6.07, 6.45) is 3.50. The Kier molecular flexibility index (Phi) is 5.35. The van der Waals surface area contributed by atoms with Gasteiger partial charge in [-0.05, 0) is 19.3 Å². The topological polar surface area (TPSA) is 83.7 Å². The number of piperidine rings is 1. The first-order valence-corrected chi connectivity index (χ1v) is 7.41. The highest BCUT2D eigenvalue weighted by molar-refractivity contribution is 7.86. The molecule has 1 saturated heterocycles. The van der Waals surface area contributed by atoms with Crippen LogP contribution in [0.15, 0.2) is 0 Å². The van der Waals surface area contributed by atoms with E-state index in [-0.39, 0.29) is 6.54 Å². The van der Waals surface area contributed by atoms with Crippen LogP contribution in [0.4, 0.5) is 0 Å². The highest BCUT2D eigenvalue weighted by Crippen LogP contribution is 2.16. The molecule has 1 amide bonds. The fraction of sp³-hybridized carbons (Fsp3) is 0.900. The Morgan fingerprint density at radius 1 is 1.29 bits per heavy atom. The van der Waals surface area contributed by atoms with Crippen molar-refractivity contribution >= 4 is 16.1 Å². The van der Waals surface area contributed by atoms with Gasteiger partial charge in [0.1, 0.15) is 0 Å². The first kappa shape index (κ1) is 14.4. The van der Waals surface area contributed by atoms with E-state index in [1.807, 2.05) is 6.92 Å². The van der Waals surface area contributed by atoms with Gasteiger partial charge in [-0.1, -0.05) is 13.3 Å². The maximum absolute atomic E-state index is 12.3. The fourth-order valence-electron chi connectivity index (χ4n) is 1.96. The van der Waals surface area contributed by atoms with Crippen molar-refractivity contribution in [2.45, 2.75) is 32.6 Å². The van der Waals surface area contributed by atoms with Crippen LogP contribution in [-0.2, 0) is 15.0 Å². The van der Waals surface area contributed by atoms with E-state index in [0.717, 1.165) is 19.3 Å². The van der Waals surface area contributed by atoms with Crippen molar-refractivity contribution in [1.29, 1.82) is 0 Å². The molecule has 1 fully saturated rings. The zero-order chi connectivity index (χ0) is 12.9. The van der Waals surface area contributed by atoms with Crippen LogP contribution in [0.2, 0.25) is 0 Å². The Balaban J connectivity index is 2.78. The van der Waals surface area contributed by atoms with Gasteiger partial charge in [0.2, 0.25) is 5.91 Å². The first-order valence-electron chi connectivity index (χ1n) is 6.02. The van der Waals surface area contributed by atoms with Crippen molar-refractivity contribution in [3.8, 4) is 0 Å². The summed E-state index contributed by atoms with van der Waals surface area (Å²) in [6, 6.07) is 0. The van der Waals surface area contributed by atoms with Gasteiger partial charge in [0.15, 0.2) is 0 Å². The van der Waals surface area contributed by atoms with Crippen molar-refractivity contribution in [2.75, 3.05) is 26.2 Å². The van der Waals surface area contributed by atoms with E-state index < -0.39 is 16.1 Å². The summed E-state index contributed by atoms with van der Waals surface area (Å²) < 4.78 is 27.1. The molecule has 0 radical (unpaired) electrons. The van der Waals surface area contributed by atoms with Crippen molar-refractivity contribution in [3.63, 3.8) is 0 Å². The number of nitrogens with two attached hydrogens (primary N) is 1. The van der Waals surface area contributed by atoms with Crippen LogP contribution < -0.4 is 5.73 Å². The molecule has 0 saturated carbocycles. The molecule has 1 aliphatic heterocycles. The summed E-state index contributed by atoms with van der Waals surface area (Å²) in [6.45, 7) is 3.07. The Morgan fingerprint density at radius 3 is 2.35 bits per heavy atom. The van der Waals surface area contributed by atoms with E-state index in [0.29, 0.717) is 26.1 Å². The molecule has 17 heavy (non-hydrogen) atoms. The lowest BCUT2D eigenvalue weighted by Crippen LogP contribution is -2.48. The summed E-state index contributed by atoms with van der Waals surface area (Å²) in [7, 11) is -3.52. The molecule has 0 aliphatic carbocycles. The van der Waals surface area contributed by atoms with Crippen molar-refractivity contribution in [1.82, 2.24) is 8.61 Å². The average molecular weight is 263 g/mol. The molecular weight excluding hydrogens is 242 g/mol. The molecule has 7 heteroatoms. The van der Waals surface area contributed by atoms with Crippen LogP contribution in [0, 0.1) is 0 Å². The standard InChI is InChI=1S/C10H21N3O3S/c1-2-6-13(9-10(11)14)17(15,16)12-7-4-3-5-8-12/h2-9H2,1H3,(H2,11,14). The summed E-state index contributed by atoms with van der Waals surface area (Å²) in [5, 5.41) is 0. The first-order chi connectivity index (χ1) is 7.98. The third kappa shape index (κ3) is 3.93. The molecule has 0 aromatic rings. The Hall–Kier alpha value is -0.660. The van der Waals surface area contributed by atoms with Gasteiger partial charge in [-0.25, -0.2) is 0 Å². The number of rotatable bonds is 6. The number of hydrogen-bond acceptors (Lipinski definition) is 3. The van der Waals surface area contributed by atoms with Crippen LogP contribution in [0.5, 0.6) is 0 Å². The van der Waals surface area contributed by atoms with E-state index in [1.165, 1.54) is 8.61 Å². The highest BCUT2D eigenvalue weighted by Gasteiger charge is 2.30. The van der Waals surface area contributed by atoms with Gasteiger partial charge in [-0.2, -0.15) is 17.0 Å². The molecule has 6 nitrogen and oxygen atoms in total. The predicted octanol–water partition coefficient (Wildman–Crippen LogP) is -0.0856. The molecule has 1 aliphatic rings. The molecule has 0 aromatic carbocycles. The molecule has 100 valence electrons. The van der Waals surface area contributed by atoms with Gasteiger partial charge in [0, 0.05) is 19.6 Å². The van der Waals surface area contributed by atoms with Gasteiger partial charge in [-0.3, -0.25) is 4.79 Å². The maximum atomic E-state index is 12.3. The lowest BCUT2D eigenvalue weighted by atomic mass is 10.2. The van der Waals surface area contributed by atoms with Gasteiger partial charge in [0.05, 0.1) is 6.54 Å². The SMILES string of the molecule is CCCN(CC(N)=O)S(=O)(=O)N1CCCCC1. The van der Waals surface area contributed by atoms with E-state index in [9.17, 15) is 13.2 Å². The van der Waals surface area contributed by atoms with E-state index in [2.05, 4.69) is 0 Å². The van der Waals surface area contributed by atoms with E-state index in [1.54, 1.807) is 0 Å². The molecule has 2 N–H and O–H groups in total. The quantitative estimate of drug-likeness (QED) is 0.727. The van der Waals surface area contributed by atoms with Crippen LogP contribution in [0.3, 0.4) is 0 Å². The normalized spacial score (nSPS) is 18.5. The number of carbonyl (C=O) groups is 1. The van der Waals surface area contributed by atoms with Crippen LogP contribution in [0.25, 0.3) is 0 Å². The summed E-state index contributed by atoms with van der Waals surface area (Å²) in [5.74, 6) is -0.612. The lowest BCUT2D eigenvalue weighted by molar-refractivity contribution is -0.118. The number of amides is 1. The fourth-order valence-corrected chi connectivity index (χ4v) is 3.71. The number of hydrogen-bond donors (Lipinski definition) is 1. The Morgan fingerprint density at radius 2 is 1.88 bits per heavy atom. The largest absolute Gasteiger partial charge is 0.369 e. The molecule has 1 rings (SSSR count). The molecule has 0 unspecified atom stereocenters. The summed E-state index contributed by atoms with van der Waals surface area (Å²) in [5.41, 5.74) is 5.09. The maximum Gasteiger partial charge on any atom is 0.282 e. The lowest BCUT2D eigenvalue weighted by Gasteiger charge is -2.31. The minimum Gasteiger partial charge on any atom is -0.369 e. The third-order valence-electron chi connectivity index (χ3n) is 2.77. The number of carbonyl (C=O) groups excluding carboxylic acids is 1. The van der Waals surface area contributed by atoms with Gasteiger partial charge < -0.3 is 5.73 Å². The smallest absolute Gasteiger partial charge is 0.282 e. The molecule has 0 aromatic heterocycles. The second kappa shape index (κ2) is 6.32. The zero-order valence-corrected chi connectivity index (χ0v) is 11.1. The molecule has 0 atom stereocenters. The van der Waals surface area contributed by atoms with Gasteiger partial charge in [0.25, 0.3) is 10.2 Å². The van der Waals surface area contributed by atoms with Crippen LogP contribution in [-0.4, -0.2) is 49.1 Å².